The molecule has 3 aromatic carbocycles. The predicted molar refractivity (Wildman–Crippen MR) is 156 cm³/mol. The number of rotatable bonds is 8. The lowest BCUT2D eigenvalue weighted by atomic mass is 9.70. The van der Waals surface area contributed by atoms with Gasteiger partial charge in [-0.05, 0) is 111 Å². The third kappa shape index (κ3) is 5.49. The molecule has 2 fully saturated rings. The van der Waals surface area contributed by atoms with E-state index in [1.165, 1.54) is 47.9 Å². The average molecular weight is 523 g/mol. The number of carbonyl (C=O) groups excluding carboxylic acids is 2. The number of aryl methyl sites for hydroxylation is 1. The Balaban J connectivity index is 1.23. The fourth-order valence-electron chi connectivity index (χ4n) is 6.74. The molecule has 6 nitrogen and oxygen atoms in total. The SMILES string of the molecule is O=C(CN1CCCC1)Nc1ccc(C2(c3ccc(NC(=O)CN4CCCC4)cc3)CCc3ccccc32)cc1. The zero-order valence-electron chi connectivity index (χ0n) is 22.6. The smallest absolute Gasteiger partial charge is 0.238 e. The fourth-order valence-corrected chi connectivity index (χ4v) is 6.74. The van der Waals surface area contributed by atoms with Gasteiger partial charge in [-0.25, -0.2) is 0 Å². The van der Waals surface area contributed by atoms with Crippen molar-refractivity contribution in [3.05, 3.63) is 95.1 Å². The molecule has 39 heavy (non-hydrogen) atoms. The Morgan fingerprint density at radius 3 is 1.59 bits per heavy atom. The van der Waals surface area contributed by atoms with Crippen LogP contribution < -0.4 is 10.6 Å². The summed E-state index contributed by atoms with van der Waals surface area (Å²) in [5.74, 6) is 0.0980. The first-order valence-electron chi connectivity index (χ1n) is 14.4. The summed E-state index contributed by atoms with van der Waals surface area (Å²) in [4.78, 5) is 29.6. The van der Waals surface area contributed by atoms with E-state index >= 15 is 0 Å². The van der Waals surface area contributed by atoms with Gasteiger partial charge >= 0.3 is 0 Å². The van der Waals surface area contributed by atoms with Crippen LogP contribution in [0.25, 0.3) is 0 Å². The lowest BCUT2D eigenvalue weighted by molar-refractivity contribution is -0.117. The van der Waals surface area contributed by atoms with E-state index in [0.29, 0.717) is 13.1 Å². The van der Waals surface area contributed by atoms with E-state index in [1.807, 2.05) is 24.3 Å². The van der Waals surface area contributed by atoms with Crippen LogP contribution in [0.3, 0.4) is 0 Å². The van der Waals surface area contributed by atoms with Gasteiger partial charge in [0.1, 0.15) is 0 Å². The predicted octanol–water partition coefficient (Wildman–Crippen LogP) is 5.04. The van der Waals surface area contributed by atoms with Crippen LogP contribution in [0.15, 0.2) is 72.8 Å². The van der Waals surface area contributed by atoms with Gasteiger partial charge in [0.15, 0.2) is 0 Å². The molecular weight excluding hydrogens is 484 g/mol. The Kier molecular flexibility index (Phi) is 7.49. The van der Waals surface area contributed by atoms with Gasteiger partial charge in [0.05, 0.1) is 13.1 Å². The fraction of sp³-hybridized carbons (Fsp3) is 0.394. The lowest BCUT2D eigenvalue weighted by Crippen LogP contribution is -2.31. The molecule has 1 aliphatic carbocycles. The summed E-state index contributed by atoms with van der Waals surface area (Å²) in [7, 11) is 0. The number of fused-ring (bicyclic) bond motifs is 1. The van der Waals surface area contributed by atoms with Crippen molar-refractivity contribution in [2.24, 2.45) is 0 Å². The molecule has 6 heteroatoms. The van der Waals surface area contributed by atoms with Crippen molar-refractivity contribution < 1.29 is 9.59 Å². The Morgan fingerprint density at radius 2 is 1.10 bits per heavy atom. The highest BCUT2D eigenvalue weighted by atomic mass is 16.2. The molecular formula is C33H38N4O2. The molecule has 3 aliphatic rings. The topological polar surface area (TPSA) is 64.7 Å². The maximum Gasteiger partial charge on any atom is 0.238 e. The number of likely N-dealkylation sites (tertiary alicyclic amines) is 2. The van der Waals surface area contributed by atoms with Crippen molar-refractivity contribution in [1.82, 2.24) is 9.80 Å². The molecule has 0 aromatic heterocycles. The van der Waals surface area contributed by atoms with Crippen LogP contribution in [0.2, 0.25) is 0 Å². The number of carbonyl (C=O) groups is 2. The molecule has 2 heterocycles. The lowest BCUT2D eigenvalue weighted by Gasteiger charge is -2.32. The Bertz CT molecular complexity index is 1230. The van der Waals surface area contributed by atoms with Crippen molar-refractivity contribution in [1.29, 1.82) is 0 Å². The van der Waals surface area contributed by atoms with E-state index in [0.717, 1.165) is 50.4 Å². The minimum absolute atomic E-state index is 0.0490. The van der Waals surface area contributed by atoms with Crippen LogP contribution in [0.4, 0.5) is 11.4 Å². The van der Waals surface area contributed by atoms with Gasteiger partial charge in [-0.1, -0.05) is 48.5 Å². The van der Waals surface area contributed by atoms with E-state index in [-0.39, 0.29) is 17.2 Å². The van der Waals surface area contributed by atoms with Crippen LogP contribution in [-0.4, -0.2) is 60.9 Å². The molecule has 2 N–H and O–H groups in total. The number of nitrogens with zero attached hydrogens (tertiary/aromatic N) is 2. The summed E-state index contributed by atoms with van der Waals surface area (Å²) in [6, 6.07) is 25.5. The van der Waals surface area contributed by atoms with Gasteiger partial charge in [0, 0.05) is 16.8 Å². The molecule has 6 rings (SSSR count). The monoisotopic (exact) mass is 522 g/mol. The van der Waals surface area contributed by atoms with E-state index < -0.39 is 0 Å². The van der Waals surface area contributed by atoms with Crippen LogP contribution in [-0.2, 0) is 21.4 Å². The number of benzene rings is 3. The molecule has 0 atom stereocenters. The molecule has 2 saturated heterocycles. The zero-order chi connectivity index (χ0) is 26.7. The molecule has 0 spiro atoms. The van der Waals surface area contributed by atoms with Crippen molar-refractivity contribution in [2.75, 3.05) is 49.9 Å². The van der Waals surface area contributed by atoms with E-state index in [4.69, 9.17) is 0 Å². The second-order valence-corrected chi connectivity index (χ2v) is 11.3. The van der Waals surface area contributed by atoms with Crippen molar-refractivity contribution in [3.63, 3.8) is 0 Å². The van der Waals surface area contributed by atoms with E-state index in [1.54, 1.807) is 0 Å². The summed E-state index contributed by atoms with van der Waals surface area (Å²) in [6.07, 6.45) is 6.70. The average Bonchev–Trinajstić information content (AvgIpc) is 3.72. The first kappa shape index (κ1) is 25.8. The standard InChI is InChI=1S/C33H38N4O2/c38-31(23-36-19-3-4-20-36)34-28-13-9-26(10-14-28)33(18-17-25-7-1-2-8-30(25)33)27-11-15-29(16-12-27)35-32(39)24-37-21-5-6-22-37/h1-2,7-16H,3-6,17-24H2,(H,34,38)(H,35,39). The normalized spacial score (nSPS) is 18.7. The van der Waals surface area contributed by atoms with Gasteiger partial charge in [-0.3, -0.25) is 19.4 Å². The minimum Gasteiger partial charge on any atom is -0.325 e. The first-order chi connectivity index (χ1) is 19.1. The first-order valence-corrected chi connectivity index (χ1v) is 14.4. The highest BCUT2D eigenvalue weighted by Crippen LogP contribution is 2.49. The third-order valence-corrected chi connectivity index (χ3v) is 8.70. The molecule has 0 saturated carbocycles. The van der Waals surface area contributed by atoms with Crippen molar-refractivity contribution >= 4 is 23.2 Å². The van der Waals surface area contributed by atoms with Gasteiger partial charge < -0.3 is 10.6 Å². The van der Waals surface area contributed by atoms with Crippen LogP contribution in [0.5, 0.6) is 0 Å². The molecule has 0 unspecified atom stereocenters. The molecule has 2 aliphatic heterocycles. The van der Waals surface area contributed by atoms with Crippen LogP contribution in [0.1, 0.15) is 54.4 Å². The van der Waals surface area contributed by atoms with Gasteiger partial charge in [0.2, 0.25) is 11.8 Å². The van der Waals surface area contributed by atoms with Crippen LogP contribution in [0, 0.1) is 0 Å². The molecule has 0 radical (unpaired) electrons. The third-order valence-electron chi connectivity index (χ3n) is 8.70. The maximum absolute atomic E-state index is 12.6. The van der Waals surface area contributed by atoms with Crippen molar-refractivity contribution in [2.45, 2.75) is 43.9 Å². The summed E-state index contributed by atoms with van der Waals surface area (Å²) in [5, 5.41) is 6.17. The van der Waals surface area contributed by atoms with Gasteiger partial charge in [-0.15, -0.1) is 0 Å². The summed E-state index contributed by atoms with van der Waals surface area (Å²) in [5.41, 5.74) is 6.55. The molecule has 0 bridgehead atoms. The molecule has 3 aromatic rings. The van der Waals surface area contributed by atoms with Crippen molar-refractivity contribution in [3.8, 4) is 0 Å². The number of nitrogens with one attached hydrogen (secondary N) is 2. The second kappa shape index (κ2) is 11.3. The second-order valence-electron chi connectivity index (χ2n) is 11.3. The largest absolute Gasteiger partial charge is 0.325 e. The van der Waals surface area contributed by atoms with E-state index in [9.17, 15) is 9.59 Å². The van der Waals surface area contributed by atoms with Crippen LogP contribution >= 0.6 is 0 Å². The number of hydrogen-bond acceptors (Lipinski definition) is 4. The summed E-state index contributed by atoms with van der Waals surface area (Å²) in [6.45, 7) is 4.95. The summed E-state index contributed by atoms with van der Waals surface area (Å²) >= 11 is 0. The number of anilines is 2. The van der Waals surface area contributed by atoms with Gasteiger partial charge in [-0.2, -0.15) is 0 Å². The number of amides is 2. The number of hydrogen-bond donors (Lipinski definition) is 2. The highest BCUT2D eigenvalue weighted by Gasteiger charge is 2.41. The van der Waals surface area contributed by atoms with E-state index in [2.05, 4.69) is 69.0 Å². The Hall–Kier alpha value is -3.48. The summed E-state index contributed by atoms with van der Waals surface area (Å²) < 4.78 is 0. The molecule has 2 amide bonds. The highest BCUT2D eigenvalue weighted by molar-refractivity contribution is 5.93. The molecule has 202 valence electrons. The minimum atomic E-state index is -0.271. The van der Waals surface area contributed by atoms with Gasteiger partial charge in [0.25, 0.3) is 0 Å². The Labute approximate surface area is 231 Å². The zero-order valence-corrected chi connectivity index (χ0v) is 22.6. The Morgan fingerprint density at radius 1 is 0.641 bits per heavy atom. The maximum atomic E-state index is 12.6. The quantitative estimate of drug-likeness (QED) is 0.435.